The van der Waals surface area contributed by atoms with Crippen molar-refractivity contribution in [3.63, 3.8) is 0 Å². The van der Waals surface area contributed by atoms with Crippen LogP contribution in [0.15, 0.2) is 42.5 Å². The average molecular weight is 277 g/mol. The second-order valence-electron chi connectivity index (χ2n) is 4.12. The van der Waals surface area contributed by atoms with Gasteiger partial charge in [0, 0.05) is 11.4 Å². The van der Waals surface area contributed by atoms with Crippen molar-refractivity contribution in [3.8, 4) is 0 Å². The molecule has 90 valence electrons. The number of imidazole rings is 1. The number of rotatable bonds is 2. The van der Waals surface area contributed by atoms with E-state index in [-0.39, 0.29) is 0 Å². The fourth-order valence-corrected chi connectivity index (χ4v) is 2.27. The number of fused-ring (bicyclic) bond motifs is 1. The Hall–Kier alpha value is -1.51. The lowest BCUT2D eigenvalue weighted by molar-refractivity contribution is 1.04. The van der Waals surface area contributed by atoms with E-state index in [1.807, 2.05) is 42.5 Å². The van der Waals surface area contributed by atoms with E-state index in [0.29, 0.717) is 5.02 Å². The van der Waals surface area contributed by atoms with Gasteiger partial charge in [0.25, 0.3) is 0 Å². The molecule has 0 atom stereocenters. The Balaban J connectivity index is 1.95. The summed E-state index contributed by atoms with van der Waals surface area (Å²) < 4.78 is 0. The molecule has 0 radical (unpaired) electrons. The molecule has 1 heterocycles. The number of hydrogen-bond donors (Lipinski definition) is 1. The van der Waals surface area contributed by atoms with Crippen molar-refractivity contribution in [2.24, 2.45) is 0 Å². The monoisotopic (exact) mass is 276 g/mol. The molecule has 0 saturated carbocycles. The van der Waals surface area contributed by atoms with E-state index in [2.05, 4.69) is 9.97 Å². The molecular formula is C14H10Cl2N2. The minimum Gasteiger partial charge on any atom is -0.342 e. The summed E-state index contributed by atoms with van der Waals surface area (Å²) in [5, 5.41) is 1.41. The lowest BCUT2D eigenvalue weighted by Crippen LogP contribution is -1.89. The number of para-hydroxylation sites is 1. The molecule has 0 saturated heterocycles. The third kappa shape index (κ3) is 2.22. The molecule has 18 heavy (non-hydrogen) atoms. The second-order valence-corrected chi connectivity index (χ2v) is 4.97. The van der Waals surface area contributed by atoms with Crippen molar-refractivity contribution >= 4 is 34.2 Å². The summed E-state index contributed by atoms with van der Waals surface area (Å²) in [6, 6.07) is 13.5. The van der Waals surface area contributed by atoms with Crippen LogP contribution < -0.4 is 0 Å². The summed E-state index contributed by atoms with van der Waals surface area (Å²) in [6.07, 6.45) is 0.738. The lowest BCUT2D eigenvalue weighted by atomic mass is 10.1. The molecular weight excluding hydrogens is 267 g/mol. The summed E-state index contributed by atoms with van der Waals surface area (Å²) in [5.74, 6) is 0.903. The van der Waals surface area contributed by atoms with Crippen LogP contribution in [0.5, 0.6) is 0 Å². The minimum atomic E-state index is 0.672. The average Bonchev–Trinajstić information content (AvgIpc) is 2.76. The Kier molecular flexibility index (Phi) is 2.98. The maximum Gasteiger partial charge on any atom is 0.111 e. The van der Waals surface area contributed by atoms with E-state index in [0.717, 1.165) is 33.9 Å². The summed E-state index contributed by atoms with van der Waals surface area (Å²) in [6.45, 7) is 0. The van der Waals surface area contributed by atoms with Gasteiger partial charge < -0.3 is 4.98 Å². The highest BCUT2D eigenvalue weighted by molar-refractivity contribution is 6.34. The first kappa shape index (κ1) is 11.6. The van der Waals surface area contributed by atoms with E-state index < -0.39 is 0 Å². The largest absolute Gasteiger partial charge is 0.342 e. The standard InChI is InChI=1S/C14H10Cl2N2/c15-10-6-4-9(5-7-10)8-13-17-12-3-1-2-11(16)14(12)18-13/h1-7H,8H2,(H,17,18). The van der Waals surface area contributed by atoms with Crippen molar-refractivity contribution < 1.29 is 0 Å². The highest BCUT2D eigenvalue weighted by atomic mass is 35.5. The number of aromatic nitrogens is 2. The van der Waals surface area contributed by atoms with Crippen molar-refractivity contribution in [2.45, 2.75) is 6.42 Å². The van der Waals surface area contributed by atoms with Crippen LogP contribution in [0.4, 0.5) is 0 Å². The molecule has 0 unspecified atom stereocenters. The highest BCUT2D eigenvalue weighted by Gasteiger charge is 2.06. The molecule has 2 aromatic carbocycles. The van der Waals surface area contributed by atoms with Crippen molar-refractivity contribution in [2.75, 3.05) is 0 Å². The molecule has 2 nitrogen and oxygen atoms in total. The summed E-state index contributed by atoms with van der Waals surface area (Å²) in [5.41, 5.74) is 2.95. The van der Waals surface area contributed by atoms with Gasteiger partial charge in [0.05, 0.1) is 10.5 Å². The zero-order chi connectivity index (χ0) is 12.5. The number of halogens is 2. The fourth-order valence-electron chi connectivity index (χ4n) is 1.93. The molecule has 3 rings (SSSR count). The second kappa shape index (κ2) is 4.63. The minimum absolute atomic E-state index is 0.672. The van der Waals surface area contributed by atoms with Gasteiger partial charge >= 0.3 is 0 Å². The molecule has 1 aromatic heterocycles. The smallest absolute Gasteiger partial charge is 0.111 e. The Morgan fingerprint density at radius 2 is 1.78 bits per heavy atom. The first-order valence-electron chi connectivity index (χ1n) is 5.60. The van der Waals surface area contributed by atoms with Crippen LogP contribution in [0, 0.1) is 0 Å². The Bertz CT molecular complexity index is 687. The molecule has 0 aliphatic carbocycles. The van der Waals surface area contributed by atoms with E-state index in [1.54, 1.807) is 0 Å². The third-order valence-electron chi connectivity index (χ3n) is 2.80. The first-order chi connectivity index (χ1) is 8.72. The number of benzene rings is 2. The SMILES string of the molecule is Clc1ccc(Cc2nc3c(Cl)cccc3[nH]2)cc1. The van der Waals surface area contributed by atoms with Crippen LogP contribution in [0.2, 0.25) is 10.0 Å². The molecule has 0 amide bonds. The quantitative estimate of drug-likeness (QED) is 0.736. The van der Waals surface area contributed by atoms with E-state index in [9.17, 15) is 0 Å². The summed E-state index contributed by atoms with van der Waals surface area (Å²) in [4.78, 5) is 7.78. The van der Waals surface area contributed by atoms with Crippen LogP contribution in [-0.2, 0) is 6.42 Å². The molecule has 0 bridgehead atoms. The Morgan fingerprint density at radius 3 is 2.50 bits per heavy atom. The van der Waals surface area contributed by atoms with Gasteiger partial charge in [-0.2, -0.15) is 0 Å². The van der Waals surface area contributed by atoms with Gasteiger partial charge in [-0.3, -0.25) is 0 Å². The van der Waals surface area contributed by atoms with Crippen molar-refractivity contribution in [1.82, 2.24) is 9.97 Å². The predicted molar refractivity (Wildman–Crippen MR) is 75.4 cm³/mol. The molecule has 3 aromatic rings. The molecule has 0 aliphatic heterocycles. The number of nitrogens with zero attached hydrogens (tertiary/aromatic N) is 1. The number of H-pyrrole nitrogens is 1. The van der Waals surface area contributed by atoms with Gasteiger partial charge in [0.2, 0.25) is 0 Å². The maximum absolute atomic E-state index is 6.09. The van der Waals surface area contributed by atoms with Gasteiger partial charge in [0.1, 0.15) is 11.3 Å². The van der Waals surface area contributed by atoms with Crippen molar-refractivity contribution in [1.29, 1.82) is 0 Å². The summed E-state index contributed by atoms with van der Waals surface area (Å²) >= 11 is 12.0. The van der Waals surface area contributed by atoms with Gasteiger partial charge in [-0.25, -0.2) is 4.98 Å². The van der Waals surface area contributed by atoms with E-state index in [1.165, 1.54) is 0 Å². The number of aromatic amines is 1. The van der Waals surface area contributed by atoms with Crippen LogP contribution in [-0.4, -0.2) is 9.97 Å². The Labute approximate surface area is 115 Å². The van der Waals surface area contributed by atoms with Crippen molar-refractivity contribution in [3.05, 3.63) is 63.9 Å². The van der Waals surface area contributed by atoms with Gasteiger partial charge in [-0.05, 0) is 29.8 Å². The molecule has 0 fully saturated rings. The van der Waals surface area contributed by atoms with E-state index >= 15 is 0 Å². The van der Waals surface area contributed by atoms with Crippen LogP contribution in [0.25, 0.3) is 11.0 Å². The molecule has 0 spiro atoms. The van der Waals surface area contributed by atoms with Gasteiger partial charge in [-0.15, -0.1) is 0 Å². The summed E-state index contributed by atoms with van der Waals surface area (Å²) in [7, 11) is 0. The zero-order valence-electron chi connectivity index (χ0n) is 9.45. The lowest BCUT2D eigenvalue weighted by Gasteiger charge is -1.97. The molecule has 4 heteroatoms. The third-order valence-corrected chi connectivity index (χ3v) is 3.35. The first-order valence-corrected chi connectivity index (χ1v) is 6.35. The van der Waals surface area contributed by atoms with Gasteiger partial charge in [0.15, 0.2) is 0 Å². The van der Waals surface area contributed by atoms with Crippen LogP contribution in [0.3, 0.4) is 0 Å². The molecule has 1 N–H and O–H groups in total. The van der Waals surface area contributed by atoms with Gasteiger partial charge in [-0.1, -0.05) is 41.4 Å². The normalized spacial score (nSPS) is 11.0. The Morgan fingerprint density at radius 1 is 1.00 bits per heavy atom. The predicted octanol–water partition coefficient (Wildman–Crippen LogP) is 4.46. The molecule has 0 aliphatic rings. The fraction of sp³-hybridized carbons (Fsp3) is 0.0714. The zero-order valence-corrected chi connectivity index (χ0v) is 11.0. The van der Waals surface area contributed by atoms with E-state index in [4.69, 9.17) is 23.2 Å². The van der Waals surface area contributed by atoms with Crippen LogP contribution >= 0.6 is 23.2 Å². The maximum atomic E-state index is 6.09. The topological polar surface area (TPSA) is 28.7 Å². The van der Waals surface area contributed by atoms with Crippen LogP contribution in [0.1, 0.15) is 11.4 Å². The number of nitrogens with one attached hydrogen (secondary N) is 1. The number of hydrogen-bond acceptors (Lipinski definition) is 1. The highest BCUT2D eigenvalue weighted by Crippen LogP contribution is 2.22.